The molecular weight excluding hydrogens is 462 g/mol. The fourth-order valence-corrected chi connectivity index (χ4v) is 6.46. The highest BCUT2D eigenvalue weighted by Gasteiger charge is 2.37. The van der Waals surface area contributed by atoms with E-state index >= 15 is 0 Å². The molecule has 1 amide bonds. The van der Waals surface area contributed by atoms with E-state index in [1.165, 1.54) is 0 Å². The lowest BCUT2D eigenvalue weighted by molar-refractivity contribution is 0.0298. The SMILES string of the molecule is O=C(c1nn(-c2cccc(-c3ccccc3)c2)c2c1CS(O)(O)c1ccccc1-2)N1CCOCC1. The third kappa shape index (κ3) is 3.84. The molecule has 4 aromatic rings. The molecule has 178 valence electrons. The molecule has 2 N–H and O–H groups in total. The Morgan fingerprint density at radius 1 is 0.886 bits per heavy atom. The predicted molar refractivity (Wildman–Crippen MR) is 136 cm³/mol. The Labute approximate surface area is 204 Å². The number of amides is 1. The van der Waals surface area contributed by atoms with Gasteiger partial charge in [0.2, 0.25) is 0 Å². The number of aromatic nitrogens is 2. The molecule has 1 fully saturated rings. The molecule has 1 aromatic heterocycles. The normalized spacial score (nSPS) is 17.4. The minimum atomic E-state index is -3.11. The summed E-state index contributed by atoms with van der Waals surface area (Å²) >= 11 is 0. The van der Waals surface area contributed by atoms with E-state index in [0.717, 1.165) is 22.5 Å². The van der Waals surface area contributed by atoms with Gasteiger partial charge < -0.3 is 9.64 Å². The first-order valence-electron chi connectivity index (χ1n) is 11.5. The highest BCUT2D eigenvalue weighted by Crippen LogP contribution is 2.59. The number of morpholine rings is 1. The standard InChI is InChI=1S/C27H25N3O4S/c31-27(29-13-15-34-16-14-29)25-23-18-35(32,33)24-12-5-4-11-22(24)26(23)30(28-25)21-10-6-9-20(17-21)19-7-2-1-3-8-19/h1-12,17,32-33H,13-16,18H2. The molecule has 0 bridgehead atoms. The number of carbonyl (C=O) groups excluding carboxylic acids is 1. The van der Waals surface area contributed by atoms with Gasteiger partial charge in [0.05, 0.1) is 35.2 Å². The molecule has 0 spiro atoms. The molecule has 0 radical (unpaired) electrons. The van der Waals surface area contributed by atoms with Crippen LogP contribution in [0.1, 0.15) is 16.1 Å². The smallest absolute Gasteiger partial charge is 0.274 e. The second kappa shape index (κ2) is 8.66. The third-order valence-corrected chi connectivity index (χ3v) is 8.27. The number of carbonyl (C=O) groups is 1. The van der Waals surface area contributed by atoms with Crippen LogP contribution in [0.25, 0.3) is 28.1 Å². The minimum absolute atomic E-state index is 0.0386. The van der Waals surface area contributed by atoms with Gasteiger partial charge in [0.15, 0.2) is 5.69 Å². The van der Waals surface area contributed by atoms with Gasteiger partial charge in [-0.2, -0.15) is 15.7 Å². The van der Waals surface area contributed by atoms with E-state index in [1.54, 1.807) is 21.7 Å². The first-order valence-corrected chi connectivity index (χ1v) is 13.2. The number of nitrogens with zero attached hydrogens (tertiary/aromatic N) is 3. The van der Waals surface area contributed by atoms with Gasteiger partial charge >= 0.3 is 0 Å². The molecule has 8 heteroatoms. The van der Waals surface area contributed by atoms with E-state index < -0.39 is 10.6 Å². The van der Waals surface area contributed by atoms with Gasteiger partial charge in [-0.15, -0.1) is 0 Å². The van der Waals surface area contributed by atoms with Crippen molar-refractivity contribution in [1.82, 2.24) is 14.7 Å². The van der Waals surface area contributed by atoms with Crippen LogP contribution in [0, 0.1) is 0 Å². The first-order chi connectivity index (χ1) is 17.0. The minimum Gasteiger partial charge on any atom is -0.378 e. The second-order valence-corrected chi connectivity index (χ2v) is 10.8. The zero-order valence-electron chi connectivity index (χ0n) is 19.0. The van der Waals surface area contributed by atoms with Crippen LogP contribution in [0.15, 0.2) is 83.8 Å². The average molecular weight is 488 g/mol. The summed E-state index contributed by atoms with van der Waals surface area (Å²) in [4.78, 5) is 15.8. The lowest BCUT2D eigenvalue weighted by Crippen LogP contribution is -2.41. The van der Waals surface area contributed by atoms with E-state index in [1.807, 2.05) is 54.6 Å². The van der Waals surface area contributed by atoms with Crippen LogP contribution in [0.2, 0.25) is 0 Å². The van der Waals surface area contributed by atoms with E-state index in [-0.39, 0.29) is 17.4 Å². The van der Waals surface area contributed by atoms with Crippen LogP contribution >= 0.6 is 10.6 Å². The van der Waals surface area contributed by atoms with E-state index in [0.29, 0.717) is 42.3 Å². The largest absolute Gasteiger partial charge is 0.378 e. The van der Waals surface area contributed by atoms with Crippen molar-refractivity contribution in [1.29, 1.82) is 0 Å². The van der Waals surface area contributed by atoms with Crippen LogP contribution < -0.4 is 0 Å². The maximum Gasteiger partial charge on any atom is 0.274 e. The Balaban J connectivity index is 1.55. The molecule has 3 aromatic carbocycles. The van der Waals surface area contributed by atoms with Crippen molar-refractivity contribution in [3.8, 4) is 28.1 Å². The molecule has 2 aliphatic rings. The molecular formula is C27H25N3O4S. The van der Waals surface area contributed by atoms with Gasteiger partial charge in [0.1, 0.15) is 0 Å². The van der Waals surface area contributed by atoms with Crippen molar-refractivity contribution in [2.75, 3.05) is 26.3 Å². The number of rotatable bonds is 3. The van der Waals surface area contributed by atoms with Crippen LogP contribution in [-0.4, -0.2) is 56.0 Å². The molecule has 35 heavy (non-hydrogen) atoms. The summed E-state index contributed by atoms with van der Waals surface area (Å²) < 4.78 is 29.2. The van der Waals surface area contributed by atoms with Gasteiger partial charge in [-0.05, 0) is 29.3 Å². The van der Waals surface area contributed by atoms with Crippen molar-refractivity contribution in [3.05, 3.63) is 90.1 Å². The molecule has 0 unspecified atom stereocenters. The molecule has 1 saturated heterocycles. The van der Waals surface area contributed by atoms with E-state index in [4.69, 9.17) is 9.84 Å². The van der Waals surface area contributed by atoms with Crippen molar-refractivity contribution in [2.45, 2.75) is 10.6 Å². The maximum atomic E-state index is 13.6. The number of hydrogen-bond donors (Lipinski definition) is 2. The summed E-state index contributed by atoms with van der Waals surface area (Å²) in [6, 6.07) is 25.4. The maximum absolute atomic E-state index is 13.6. The Hall–Kier alpha value is -3.43. The number of hydrogen-bond acceptors (Lipinski definition) is 5. The van der Waals surface area contributed by atoms with Crippen LogP contribution in [-0.2, 0) is 10.5 Å². The topological polar surface area (TPSA) is 87.8 Å². The Kier molecular flexibility index (Phi) is 5.46. The second-order valence-electron chi connectivity index (χ2n) is 8.72. The zero-order chi connectivity index (χ0) is 24.0. The van der Waals surface area contributed by atoms with E-state index in [9.17, 15) is 13.9 Å². The van der Waals surface area contributed by atoms with Crippen LogP contribution in [0.3, 0.4) is 0 Å². The zero-order valence-corrected chi connectivity index (χ0v) is 19.8. The monoisotopic (exact) mass is 487 g/mol. The highest BCUT2D eigenvalue weighted by atomic mass is 32.3. The van der Waals surface area contributed by atoms with Gasteiger partial charge in [-0.1, -0.05) is 60.7 Å². The van der Waals surface area contributed by atoms with Crippen molar-refractivity contribution in [2.24, 2.45) is 0 Å². The summed E-state index contributed by atoms with van der Waals surface area (Å²) in [6.45, 7) is 1.92. The molecule has 0 atom stereocenters. The van der Waals surface area contributed by atoms with Gasteiger partial charge in [-0.25, -0.2) is 4.68 Å². The molecule has 3 heterocycles. The van der Waals surface area contributed by atoms with Crippen molar-refractivity contribution < 1.29 is 18.6 Å². The molecule has 7 nitrogen and oxygen atoms in total. The lowest BCUT2D eigenvalue weighted by atomic mass is 10.0. The van der Waals surface area contributed by atoms with Gasteiger partial charge in [0.25, 0.3) is 5.91 Å². The summed E-state index contributed by atoms with van der Waals surface area (Å²) in [5.74, 6) is -0.250. The predicted octanol–water partition coefficient (Wildman–Crippen LogP) is 5.30. The van der Waals surface area contributed by atoms with Gasteiger partial charge in [-0.3, -0.25) is 13.9 Å². The summed E-state index contributed by atoms with van der Waals surface area (Å²) in [5.41, 5.74) is 5.17. The number of fused-ring (bicyclic) bond motifs is 3. The van der Waals surface area contributed by atoms with E-state index in [2.05, 4.69) is 12.1 Å². The first kappa shape index (κ1) is 22.1. The molecule has 2 aliphatic heterocycles. The summed E-state index contributed by atoms with van der Waals surface area (Å²) in [5, 5.41) is 4.81. The van der Waals surface area contributed by atoms with Crippen molar-refractivity contribution >= 4 is 16.5 Å². The van der Waals surface area contributed by atoms with Crippen molar-refractivity contribution in [3.63, 3.8) is 0 Å². The van der Waals surface area contributed by atoms with Crippen LogP contribution in [0.5, 0.6) is 0 Å². The molecule has 6 rings (SSSR count). The fraction of sp³-hybridized carbons (Fsp3) is 0.185. The summed E-state index contributed by atoms with van der Waals surface area (Å²) in [7, 11) is -3.11. The lowest BCUT2D eigenvalue weighted by Gasteiger charge is -2.38. The Morgan fingerprint density at radius 3 is 2.40 bits per heavy atom. The fourth-order valence-electron chi connectivity index (χ4n) is 4.81. The third-order valence-electron chi connectivity index (χ3n) is 6.52. The number of ether oxygens (including phenoxy) is 1. The molecule has 0 saturated carbocycles. The van der Waals surface area contributed by atoms with Gasteiger partial charge in [0, 0.05) is 24.2 Å². The quantitative estimate of drug-likeness (QED) is 0.409. The number of benzene rings is 3. The summed E-state index contributed by atoms with van der Waals surface area (Å²) in [6.07, 6.45) is 0. The van der Waals surface area contributed by atoms with Crippen LogP contribution in [0.4, 0.5) is 0 Å². The average Bonchev–Trinajstić information content (AvgIpc) is 3.28. The Morgan fingerprint density at radius 2 is 1.60 bits per heavy atom. The highest BCUT2D eigenvalue weighted by molar-refractivity contribution is 8.23. The molecule has 0 aliphatic carbocycles. The Bertz CT molecular complexity index is 1410.